The van der Waals surface area contributed by atoms with E-state index in [1.807, 2.05) is 12.1 Å². The normalized spacial score (nSPS) is 15.1. The molecule has 2 N–H and O–H groups in total. The van der Waals surface area contributed by atoms with Crippen LogP contribution in [0.2, 0.25) is 0 Å². The molecule has 156 valence electrons. The quantitative estimate of drug-likeness (QED) is 0.705. The standard InChI is InChI=1S/C20H25N3O5S/c1-2-29(26,27)18-5-3-17(4-6-18)23-10-7-16(8-11-23)22-19(24)13-21-20(25)15-9-12-28-14-15/h3-6,9,12,14,16H,2,7-8,10-11,13H2,1H3,(H,21,25)(H,22,24). The third-order valence-corrected chi connectivity index (χ3v) is 6.74. The van der Waals surface area contributed by atoms with Crippen LogP contribution in [-0.2, 0) is 14.6 Å². The number of nitrogens with zero attached hydrogens (tertiary/aromatic N) is 1. The first-order chi connectivity index (χ1) is 13.9. The lowest BCUT2D eigenvalue weighted by molar-refractivity contribution is -0.120. The van der Waals surface area contributed by atoms with Gasteiger partial charge in [-0.1, -0.05) is 6.92 Å². The van der Waals surface area contributed by atoms with Crippen molar-refractivity contribution in [1.29, 1.82) is 0 Å². The van der Waals surface area contributed by atoms with E-state index in [1.165, 1.54) is 18.6 Å². The predicted octanol–water partition coefficient (Wildman–Crippen LogP) is 1.59. The molecule has 2 amide bonds. The minimum absolute atomic E-state index is 0.0457. The lowest BCUT2D eigenvalue weighted by Crippen LogP contribution is -2.47. The molecule has 3 rings (SSSR count). The second-order valence-corrected chi connectivity index (χ2v) is 9.20. The monoisotopic (exact) mass is 419 g/mol. The Labute approximate surface area is 170 Å². The number of hydrogen-bond acceptors (Lipinski definition) is 6. The molecule has 1 aromatic heterocycles. The van der Waals surface area contributed by atoms with E-state index in [4.69, 9.17) is 4.42 Å². The van der Waals surface area contributed by atoms with Crippen LogP contribution in [0.5, 0.6) is 0 Å². The summed E-state index contributed by atoms with van der Waals surface area (Å²) in [5, 5.41) is 5.51. The molecular weight excluding hydrogens is 394 g/mol. The summed E-state index contributed by atoms with van der Waals surface area (Å²) in [5.41, 5.74) is 1.35. The van der Waals surface area contributed by atoms with Crippen molar-refractivity contribution in [2.24, 2.45) is 0 Å². The second-order valence-electron chi connectivity index (χ2n) is 6.92. The molecule has 0 bridgehead atoms. The summed E-state index contributed by atoms with van der Waals surface area (Å²) in [6, 6.07) is 8.52. The lowest BCUT2D eigenvalue weighted by atomic mass is 10.0. The molecule has 0 aliphatic carbocycles. The van der Waals surface area contributed by atoms with E-state index in [0.717, 1.165) is 31.6 Å². The highest BCUT2D eigenvalue weighted by Gasteiger charge is 2.21. The number of sulfone groups is 1. The fourth-order valence-electron chi connectivity index (χ4n) is 3.25. The second kappa shape index (κ2) is 9.13. The molecule has 1 fully saturated rings. The number of rotatable bonds is 7. The van der Waals surface area contributed by atoms with Crippen LogP contribution in [0, 0.1) is 0 Å². The van der Waals surface area contributed by atoms with E-state index < -0.39 is 9.84 Å². The van der Waals surface area contributed by atoms with Gasteiger partial charge in [0.1, 0.15) is 6.26 Å². The van der Waals surface area contributed by atoms with Crippen LogP contribution in [0.4, 0.5) is 5.69 Å². The molecule has 2 aromatic rings. The number of anilines is 1. The average Bonchev–Trinajstić information content (AvgIpc) is 3.28. The fourth-order valence-corrected chi connectivity index (χ4v) is 4.13. The van der Waals surface area contributed by atoms with Gasteiger partial charge in [-0.25, -0.2) is 8.42 Å². The first-order valence-electron chi connectivity index (χ1n) is 9.56. The van der Waals surface area contributed by atoms with E-state index in [1.54, 1.807) is 19.1 Å². The van der Waals surface area contributed by atoms with Crippen molar-refractivity contribution in [3.05, 3.63) is 48.4 Å². The molecule has 1 aliphatic heterocycles. The molecule has 1 aliphatic rings. The number of piperidine rings is 1. The van der Waals surface area contributed by atoms with Gasteiger partial charge >= 0.3 is 0 Å². The number of benzene rings is 1. The van der Waals surface area contributed by atoms with E-state index >= 15 is 0 Å². The minimum atomic E-state index is -3.20. The summed E-state index contributed by atoms with van der Waals surface area (Å²) < 4.78 is 28.7. The van der Waals surface area contributed by atoms with Crippen LogP contribution in [0.1, 0.15) is 30.1 Å². The molecule has 1 aromatic carbocycles. The van der Waals surface area contributed by atoms with Crippen LogP contribution >= 0.6 is 0 Å². The zero-order valence-corrected chi connectivity index (χ0v) is 17.1. The van der Waals surface area contributed by atoms with E-state index in [0.29, 0.717) is 10.5 Å². The summed E-state index contributed by atoms with van der Waals surface area (Å²) in [4.78, 5) is 26.4. The van der Waals surface area contributed by atoms with Crippen LogP contribution in [0.3, 0.4) is 0 Å². The largest absolute Gasteiger partial charge is 0.472 e. The smallest absolute Gasteiger partial charge is 0.254 e. The summed E-state index contributed by atoms with van der Waals surface area (Å²) >= 11 is 0. The Balaban J connectivity index is 1.44. The third-order valence-electron chi connectivity index (χ3n) is 4.99. The zero-order valence-electron chi connectivity index (χ0n) is 16.3. The Morgan fingerprint density at radius 3 is 2.41 bits per heavy atom. The molecule has 9 heteroatoms. The fraction of sp³-hybridized carbons (Fsp3) is 0.400. The van der Waals surface area contributed by atoms with Gasteiger partial charge in [0.25, 0.3) is 5.91 Å². The summed E-state index contributed by atoms with van der Waals surface area (Å²) in [6.07, 6.45) is 4.28. The SMILES string of the molecule is CCS(=O)(=O)c1ccc(N2CCC(NC(=O)CNC(=O)c3ccoc3)CC2)cc1. The Morgan fingerprint density at radius 1 is 1.14 bits per heavy atom. The molecule has 29 heavy (non-hydrogen) atoms. The van der Waals surface area contributed by atoms with Gasteiger partial charge in [0.15, 0.2) is 9.84 Å². The Morgan fingerprint density at radius 2 is 1.83 bits per heavy atom. The number of carbonyl (C=O) groups is 2. The molecular formula is C20H25N3O5S. The summed E-state index contributed by atoms with van der Waals surface area (Å²) in [6.45, 7) is 3.06. The zero-order chi connectivity index (χ0) is 20.9. The van der Waals surface area contributed by atoms with Crippen molar-refractivity contribution < 1.29 is 22.4 Å². The van der Waals surface area contributed by atoms with Crippen LogP contribution in [-0.4, -0.2) is 51.7 Å². The van der Waals surface area contributed by atoms with Crippen molar-refractivity contribution in [1.82, 2.24) is 10.6 Å². The summed E-state index contributed by atoms with van der Waals surface area (Å²) in [5.74, 6) is -0.494. The van der Waals surface area contributed by atoms with Crippen LogP contribution in [0.15, 0.2) is 52.2 Å². The maximum atomic E-state index is 12.1. The molecule has 1 saturated heterocycles. The van der Waals surface area contributed by atoms with Gasteiger partial charge in [-0.2, -0.15) is 0 Å². The first kappa shape index (κ1) is 20.9. The third kappa shape index (κ3) is 5.38. The van der Waals surface area contributed by atoms with Crippen molar-refractivity contribution in [2.75, 3.05) is 30.3 Å². The van der Waals surface area contributed by atoms with Crippen LogP contribution in [0.25, 0.3) is 0 Å². The van der Waals surface area contributed by atoms with Gasteiger partial charge < -0.3 is 20.0 Å². The highest BCUT2D eigenvalue weighted by Crippen LogP contribution is 2.22. The van der Waals surface area contributed by atoms with E-state index in [2.05, 4.69) is 15.5 Å². The molecule has 2 heterocycles. The van der Waals surface area contributed by atoms with Gasteiger partial charge in [-0.3, -0.25) is 9.59 Å². The number of carbonyl (C=O) groups excluding carboxylic acids is 2. The molecule has 0 saturated carbocycles. The molecule has 8 nitrogen and oxygen atoms in total. The minimum Gasteiger partial charge on any atom is -0.472 e. The highest BCUT2D eigenvalue weighted by molar-refractivity contribution is 7.91. The van der Waals surface area contributed by atoms with Gasteiger partial charge in [0.05, 0.1) is 29.0 Å². The van der Waals surface area contributed by atoms with E-state index in [9.17, 15) is 18.0 Å². The van der Waals surface area contributed by atoms with Gasteiger partial charge in [0, 0.05) is 24.8 Å². The van der Waals surface area contributed by atoms with Gasteiger partial charge in [-0.05, 0) is 43.2 Å². The number of nitrogens with one attached hydrogen (secondary N) is 2. The Hall–Kier alpha value is -2.81. The topological polar surface area (TPSA) is 109 Å². The van der Waals surface area contributed by atoms with Gasteiger partial charge in [0.2, 0.25) is 5.91 Å². The van der Waals surface area contributed by atoms with E-state index in [-0.39, 0.29) is 30.2 Å². The maximum absolute atomic E-state index is 12.1. The molecule has 0 radical (unpaired) electrons. The molecule has 0 atom stereocenters. The predicted molar refractivity (Wildman–Crippen MR) is 109 cm³/mol. The number of furan rings is 1. The van der Waals surface area contributed by atoms with Crippen molar-refractivity contribution in [2.45, 2.75) is 30.7 Å². The lowest BCUT2D eigenvalue weighted by Gasteiger charge is -2.34. The van der Waals surface area contributed by atoms with Gasteiger partial charge in [-0.15, -0.1) is 0 Å². The summed E-state index contributed by atoms with van der Waals surface area (Å²) in [7, 11) is -3.20. The molecule has 0 unspecified atom stereocenters. The van der Waals surface area contributed by atoms with Crippen molar-refractivity contribution in [3.8, 4) is 0 Å². The molecule has 0 spiro atoms. The average molecular weight is 420 g/mol. The van der Waals surface area contributed by atoms with Crippen molar-refractivity contribution in [3.63, 3.8) is 0 Å². The Kier molecular flexibility index (Phi) is 6.58. The van der Waals surface area contributed by atoms with Crippen LogP contribution < -0.4 is 15.5 Å². The first-order valence-corrected chi connectivity index (χ1v) is 11.2. The Bertz CT molecular complexity index is 931. The number of hydrogen-bond donors (Lipinski definition) is 2. The number of amides is 2. The highest BCUT2D eigenvalue weighted by atomic mass is 32.2. The van der Waals surface area contributed by atoms with Crippen molar-refractivity contribution >= 4 is 27.3 Å². The maximum Gasteiger partial charge on any atom is 0.254 e.